The van der Waals surface area contributed by atoms with Crippen LogP contribution in [-0.4, -0.2) is 19.9 Å². The molecule has 21 heavy (non-hydrogen) atoms. The average Bonchev–Trinajstić information content (AvgIpc) is 2.54. The Kier molecular flexibility index (Phi) is 5.64. The van der Waals surface area contributed by atoms with Gasteiger partial charge in [0, 0.05) is 5.56 Å². The first kappa shape index (κ1) is 14.9. The summed E-state index contributed by atoms with van der Waals surface area (Å²) in [7, 11) is 1.65. The van der Waals surface area contributed by atoms with Crippen LogP contribution in [0.1, 0.15) is 18.9 Å². The van der Waals surface area contributed by atoms with Crippen LogP contribution < -0.4 is 14.9 Å². The standard InChI is InChI=1S/C17H20N2O2/c1-3-12-21-17-7-5-4-6-14(17)13-18-19-15-8-10-16(20-2)11-9-15/h4-11,13,19H,3,12H2,1-2H3/b18-13+. The van der Waals surface area contributed by atoms with Crippen molar-refractivity contribution in [1.29, 1.82) is 0 Å². The third-order valence-corrected chi connectivity index (χ3v) is 2.87. The summed E-state index contributed by atoms with van der Waals surface area (Å²) in [6.45, 7) is 2.79. The Morgan fingerprint density at radius 1 is 1.10 bits per heavy atom. The van der Waals surface area contributed by atoms with Crippen molar-refractivity contribution >= 4 is 11.9 Å². The predicted molar refractivity (Wildman–Crippen MR) is 86.4 cm³/mol. The largest absolute Gasteiger partial charge is 0.497 e. The highest BCUT2D eigenvalue weighted by Gasteiger charge is 1.99. The minimum Gasteiger partial charge on any atom is -0.497 e. The normalized spacial score (nSPS) is 10.6. The molecule has 0 fully saturated rings. The van der Waals surface area contributed by atoms with E-state index in [1.54, 1.807) is 13.3 Å². The van der Waals surface area contributed by atoms with Gasteiger partial charge in [-0.2, -0.15) is 5.10 Å². The van der Waals surface area contributed by atoms with Gasteiger partial charge in [-0.05, 0) is 42.8 Å². The topological polar surface area (TPSA) is 42.8 Å². The predicted octanol–water partition coefficient (Wildman–Crippen LogP) is 3.93. The maximum atomic E-state index is 5.68. The maximum Gasteiger partial charge on any atom is 0.128 e. The zero-order valence-corrected chi connectivity index (χ0v) is 12.4. The fourth-order valence-corrected chi connectivity index (χ4v) is 1.77. The summed E-state index contributed by atoms with van der Waals surface area (Å²) in [6, 6.07) is 15.4. The zero-order chi connectivity index (χ0) is 14.9. The third kappa shape index (κ3) is 4.53. The van der Waals surface area contributed by atoms with Gasteiger partial charge in [-0.3, -0.25) is 5.43 Å². The number of hydrogen-bond acceptors (Lipinski definition) is 4. The summed E-state index contributed by atoms with van der Waals surface area (Å²) < 4.78 is 10.8. The lowest BCUT2D eigenvalue weighted by atomic mass is 10.2. The fourth-order valence-electron chi connectivity index (χ4n) is 1.77. The minimum absolute atomic E-state index is 0.705. The third-order valence-electron chi connectivity index (χ3n) is 2.87. The van der Waals surface area contributed by atoms with Gasteiger partial charge >= 0.3 is 0 Å². The van der Waals surface area contributed by atoms with Gasteiger partial charge in [-0.25, -0.2) is 0 Å². The summed E-state index contributed by atoms with van der Waals surface area (Å²) in [4.78, 5) is 0. The van der Waals surface area contributed by atoms with Crippen LogP contribution in [0, 0.1) is 0 Å². The maximum absolute atomic E-state index is 5.68. The summed E-state index contributed by atoms with van der Waals surface area (Å²) in [6.07, 6.45) is 2.74. The average molecular weight is 284 g/mol. The van der Waals surface area contributed by atoms with E-state index in [-0.39, 0.29) is 0 Å². The Hall–Kier alpha value is -2.49. The van der Waals surface area contributed by atoms with Gasteiger partial charge in [0.15, 0.2) is 0 Å². The van der Waals surface area contributed by atoms with Crippen molar-refractivity contribution < 1.29 is 9.47 Å². The fraction of sp³-hybridized carbons (Fsp3) is 0.235. The van der Waals surface area contributed by atoms with E-state index in [9.17, 15) is 0 Å². The molecule has 0 heterocycles. The van der Waals surface area contributed by atoms with Crippen LogP contribution in [0.4, 0.5) is 5.69 Å². The number of ether oxygens (including phenoxy) is 2. The molecule has 4 nitrogen and oxygen atoms in total. The molecule has 0 aromatic heterocycles. The summed E-state index contributed by atoms with van der Waals surface area (Å²) in [5.41, 5.74) is 4.84. The molecule has 0 spiro atoms. The number of methoxy groups -OCH3 is 1. The molecule has 0 aliphatic rings. The molecule has 0 atom stereocenters. The molecule has 0 bridgehead atoms. The Labute approximate surface area is 125 Å². The first-order valence-electron chi connectivity index (χ1n) is 6.98. The Morgan fingerprint density at radius 2 is 1.86 bits per heavy atom. The van der Waals surface area contributed by atoms with Gasteiger partial charge in [0.2, 0.25) is 0 Å². The lowest BCUT2D eigenvalue weighted by Gasteiger charge is -2.07. The highest BCUT2D eigenvalue weighted by atomic mass is 16.5. The molecule has 0 saturated heterocycles. The molecule has 110 valence electrons. The van der Waals surface area contributed by atoms with E-state index in [2.05, 4.69) is 17.5 Å². The van der Waals surface area contributed by atoms with Crippen molar-refractivity contribution in [2.75, 3.05) is 19.1 Å². The molecule has 2 aromatic carbocycles. The molecule has 1 N–H and O–H groups in total. The van der Waals surface area contributed by atoms with E-state index in [0.29, 0.717) is 6.61 Å². The minimum atomic E-state index is 0.705. The van der Waals surface area contributed by atoms with Gasteiger partial charge in [-0.15, -0.1) is 0 Å². The first-order chi connectivity index (χ1) is 10.3. The van der Waals surface area contributed by atoms with Crippen LogP contribution in [0.2, 0.25) is 0 Å². The van der Waals surface area contributed by atoms with Crippen LogP contribution in [0.5, 0.6) is 11.5 Å². The van der Waals surface area contributed by atoms with Crippen molar-refractivity contribution in [3.05, 3.63) is 54.1 Å². The van der Waals surface area contributed by atoms with Crippen LogP contribution in [0.25, 0.3) is 0 Å². The molecule has 0 unspecified atom stereocenters. The molecule has 2 aromatic rings. The zero-order valence-electron chi connectivity index (χ0n) is 12.4. The molecule has 0 radical (unpaired) electrons. The van der Waals surface area contributed by atoms with Crippen molar-refractivity contribution in [2.24, 2.45) is 5.10 Å². The first-order valence-corrected chi connectivity index (χ1v) is 6.98. The van der Waals surface area contributed by atoms with Crippen LogP contribution in [0.15, 0.2) is 53.6 Å². The SMILES string of the molecule is CCCOc1ccccc1/C=N/Nc1ccc(OC)cc1. The second-order valence-electron chi connectivity index (χ2n) is 4.48. The number of anilines is 1. The number of rotatable bonds is 7. The number of para-hydroxylation sites is 1. The molecule has 4 heteroatoms. The van der Waals surface area contributed by atoms with E-state index in [0.717, 1.165) is 29.2 Å². The van der Waals surface area contributed by atoms with Crippen LogP contribution in [-0.2, 0) is 0 Å². The molecular formula is C17H20N2O2. The number of nitrogens with one attached hydrogen (secondary N) is 1. The van der Waals surface area contributed by atoms with E-state index in [1.807, 2.05) is 48.5 Å². The Bertz CT molecular complexity index is 580. The highest BCUT2D eigenvalue weighted by Crippen LogP contribution is 2.17. The highest BCUT2D eigenvalue weighted by molar-refractivity contribution is 5.84. The smallest absolute Gasteiger partial charge is 0.128 e. The van der Waals surface area contributed by atoms with Crippen LogP contribution >= 0.6 is 0 Å². The molecule has 0 aliphatic carbocycles. The number of benzene rings is 2. The number of hydrazone groups is 1. The van der Waals surface area contributed by atoms with Gasteiger partial charge in [0.1, 0.15) is 11.5 Å². The van der Waals surface area contributed by atoms with E-state index < -0.39 is 0 Å². The van der Waals surface area contributed by atoms with Crippen molar-refractivity contribution in [1.82, 2.24) is 0 Å². The lowest BCUT2D eigenvalue weighted by Crippen LogP contribution is -1.99. The molecule has 2 rings (SSSR count). The van der Waals surface area contributed by atoms with Crippen molar-refractivity contribution in [3.63, 3.8) is 0 Å². The number of hydrogen-bond donors (Lipinski definition) is 1. The summed E-state index contributed by atoms with van der Waals surface area (Å²) >= 11 is 0. The van der Waals surface area contributed by atoms with E-state index in [4.69, 9.17) is 9.47 Å². The van der Waals surface area contributed by atoms with Gasteiger partial charge in [0.05, 0.1) is 25.6 Å². The van der Waals surface area contributed by atoms with E-state index in [1.165, 1.54) is 0 Å². The second kappa shape index (κ2) is 7.94. The molecule has 0 saturated carbocycles. The Morgan fingerprint density at radius 3 is 2.57 bits per heavy atom. The lowest BCUT2D eigenvalue weighted by molar-refractivity contribution is 0.317. The Balaban J connectivity index is 2.00. The van der Waals surface area contributed by atoms with Gasteiger partial charge < -0.3 is 9.47 Å². The monoisotopic (exact) mass is 284 g/mol. The second-order valence-corrected chi connectivity index (χ2v) is 4.48. The van der Waals surface area contributed by atoms with Crippen molar-refractivity contribution in [3.8, 4) is 11.5 Å². The van der Waals surface area contributed by atoms with Gasteiger partial charge in [0.25, 0.3) is 0 Å². The quantitative estimate of drug-likeness (QED) is 0.619. The molecule has 0 amide bonds. The van der Waals surface area contributed by atoms with Crippen LogP contribution in [0.3, 0.4) is 0 Å². The summed E-state index contributed by atoms with van der Waals surface area (Å²) in [5, 5.41) is 4.24. The number of nitrogens with zero attached hydrogens (tertiary/aromatic N) is 1. The van der Waals surface area contributed by atoms with Gasteiger partial charge in [-0.1, -0.05) is 19.1 Å². The van der Waals surface area contributed by atoms with E-state index >= 15 is 0 Å². The molecule has 0 aliphatic heterocycles. The molecular weight excluding hydrogens is 264 g/mol. The van der Waals surface area contributed by atoms with Crippen molar-refractivity contribution in [2.45, 2.75) is 13.3 Å². The summed E-state index contributed by atoms with van der Waals surface area (Å²) in [5.74, 6) is 1.67.